The third-order valence-corrected chi connectivity index (χ3v) is 4.05. The Labute approximate surface area is 106 Å². The SMILES string of the molecule is CC(CCl)N(C)C(=O)CCCc1cccs1. The van der Waals surface area contributed by atoms with Crippen molar-refractivity contribution < 1.29 is 4.79 Å². The van der Waals surface area contributed by atoms with E-state index in [4.69, 9.17) is 11.6 Å². The van der Waals surface area contributed by atoms with Crippen molar-refractivity contribution in [2.45, 2.75) is 32.2 Å². The zero-order chi connectivity index (χ0) is 12.0. The van der Waals surface area contributed by atoms with Crippen molar-refractivity contribution in [2.75, 3.05) is 12.9 Å². The van der Waals surface area contributed by atoms with Crippen molar-refractivity contribution in [3.63, 3.8) is 0 Å². The second-order valence-electron chi connectivity index (χ2n) is 3.94. The molecule has 1 rings (SSSR count). The van der Waals surface area contributed by atoms with Gasteiger partial charge in [-0.2, -0.15) is 0 Å². The van der Waals surface area contributed by atoms with Crippen LogP contribution in [0.15, 0.2) is 17.5 Å². The lowest BCUT2D eigenvalue weighted by Gasteiger charge is -2.22. The number of carbonyl (C=O) groups is 1. The van der Waals surface area contributed by atoms with E-state index in [-0.39, 0.29) is 11.9 Å². The number of rotatable bonds is 6. The summed E-state index contributed by atoms with van der Waals surface area (Å²) in [5.74, 6) is 0.678. The van der Waals surface area contributed by atoms with Gasteiger partial charge in [0, 0.05) is 30.3 Å². The largest absolute Gasteiger partial charge is 0.342 e. The maximum Gasteiger partial charge on any atom is 0.222 e. The van der Waals surface area contributed by atoms with Crippen LogP contribution in [-0.4, -0.2) is 29.8 Å². The maximum atomic E-state index is 11.7. The summed E-state index contributed by atoms with van der Waals surface area (Å²) in [5.41, 5.74) is 0. The van der Waals surface area contributed by atoms with Crippen LogP contribution in [0.5, 0.6) is 0 Å². The van der Waals surface area contributed by atoms with Gasteiger partial charge in [0.15, 0.2) is 0 Å². The number of halogens is 1. The minimum absolute atomic E-state index is 0.121. The molecule has 0 saturated carbocycles. The van der Waals surface area contributed by atoms with Gasteiger partial charge >= 0.3 is 0 Å². The minimum atomic E-state index is 0.121. The molecule has 0 aromatic carbocycles. The van der Waals surface area contributed by atoms with Gasteiger partial charge in [-0.1, -0.05) is 6.07 Å². The Morgan fingerprint density at radius 1 is 1.62 bits per heavy atom. The van der Waals surface area contributed by atoms with Crippen LogP contribution >= 0.6 is 22.9 Å². The Hall–Kier alpha value is -0.540. The number of amides is 1. The number of aryl methyl sites for hydroxylation is 1. The summed E-state index contributed by atoms with van der Waals surface area (Å²) >= 11 is 7.46. The molecule has 16 heavy (non-hydrogen) atoms. The summed E-state index contributed by atoms with van der Waals surface area (Å²) < 4.78 is 0. The predicted octanol–water partition coefficient (Wildman–Crippen LogP) is 3.16. The van der Waals surface area contributed by atoms with Crippen molar-refractivity contribution in [1.82, 2.24) is 4.90 Å². The molecule has 4 heteroatoms. The predicted molar refractivity (Wildman–Crippen MR) is 70.2 cm³/mol. The van der Waals surface area contributed by atoms with Crippen molar-refractivity contribution >= 4 is 28.8 Å². The average molecular weight is 260 g/mol. The fraction of sp³-hybridized carbons (Fsp3) is 0.583. The second kappa shape index (κ2) is 6.92. The zero-order valence-electron chi connectivity index (χ0n) is 9.78. The van der Waals surface area contributed by atoms with E-state index in [2.05, 4.69) is 11.4 Å². The van der Waals surface area contributed by atoms with Gasteiger partial charge < -0.3 is 4.90 Å². The molecule has 1 heterocycles. The molecular weight excluding hydrogens is 242 g/mol. The highest BCUT2D eigenvalue weighted by molar-refractivity contribution is 7.09. The lowest BCUT2D eigenvalue weighted by Crippen LogP contribution is -2.36. The highest BCUT2D eigenvalue weighted by atomic mass is 35.5. The quantitative estimate of drug-likeness (QED) is 0.719. The third-order valence-electron chi connectivity index (χ3n) is 2.67. The highest BCUT2D eigenvalue weighted by Gasteiger charge is 2.13. The molecule has 2 nitrogen and oxygen atoms in total. The Morgan fingerprint density at radius 2 is 2.38 bits per heavy atom. The smallest absolute Gasteiger partial charge is 0.222 e. The molecule has 0 fully saturated rings. The number of hydrogen-bond acceptors (Lipinski definition) is 2. The lowest BCUT2D eigenvalue weighted by molar-refractivity contribution is -0.131. The molecule has 1 unspecified atom stereocenters. The minimum Gasteiger partial charge on any atom is -0.342 e. The lowest BCUT2D eigenvalue weighted by atomic mass is 10.2. The van der Waals surface area contributed by atoms with Crippen LogP contribution in [0.25, 0.3) is 0 Å². The number of nitrogens with zero attached hydrogens (tertiary/aromatic N) is 1. The molecule has 0 saturated heterocycles. The van der Waals surface area contributed by atoms with Gasteiger partial charge in [0.1, 0.15) is 0 Å². The third kappa shape index (κ3) is 4.14. The fourth-order valence-electron chi connectivity index (χ4n) is 1.39. The first-order chi connectivity index (χ1) is 7.65. The summed E-state index contributed by atoms with van der Waals surface area (Å²) in [7, 11) is 1.82. The van der Waals surface area contributed by atoms with Gasteiger partial charge in [-0.25, -0.2) is 0 Å². The van der Waals surface area contributed by atoms with Crippen LogP contribution < -0.4 is 0 Å². The first-order valence-corrected chi connectivity index (χ1v) is 6.90. The number of carbonyl (C=O) groups excluding carboxylic acids is 1. The summed E-state index contributed by atoms with van der Waals surface area (Å²) in [6.45, 7) is 1.96. The molecule has 0 spiro atoms. The van der Waals surface area contributed by atoms with Crippen molar-refractivity contribution in [3.05, 3.63) is 22.4 Å². The molecule has 0 bridgehead atoms. The Kier molecular flexibility index (Phi) is 5.85. The van der Waals surface area contributed by atoms with Crippen molar-refractivity contribution in [1.29, 1.82) is 0 Å². The zero-order valence-corrected chi connectivity index (χ0v) is 11.4. The van der Waals surface area contributed by atoms with Crippen LogP contribution in [0.1, 0.15) is 24.6 Å². The molecule has 0 N–H and O–H groups in total. The standard InChI is InChI=1S/C12H18ClNOS/c1-10(9-13)14(2)12(15)7-3-5-11-6-4-8-16-11/h4,6,8,10H,3,5,7,9H2,1-2H3. The normalized spacial score (nSPS) is 12.4. The monoisotopic (exact) mass is 259 g/mol. The van der Waals surface area contributed by atoms with Crippen LogP contribution in [0.4, 0.5) is 0 Å². The van der Waals surface area contributed by atoms with Crippen molar-refractivity contribution in [2.24, 2.45) is 0 Å². The fourth-order valence-corrected chi connectivity index (χ4v) is 2.35. The first-order valence-electron chi connectivity index (χ1n) is 5.49. The van der Waals surface area contributed by atoms with Crippen LogP contribution in [0.2, 0.25) is 0 Å². The number of thiophene rings is 1. The van der Waals surface area contributed by atoms with Crippen LogP contribution in [-0.2, 0) is 11.2 Å². The first kappa shape index (κ1) is 13.5. The average Bonchev–Trinajstić information content (AvgIpc) is 2.79. The van der Waals surface area contributed by atoms with Gasteiger partial charge in [-0.15, -0.1) is 22.9 Å². The van der Waals surface area contributed by atoms with Gasteiger partial charge in [0.25, 0.3) is 0 Å². The van der Waals surface area contributed by atoms with Gasteiger partial charge in [-0.3, -0.25) is 4.79 Å². The summed E-state index contributed by atoms with van der Waals surface area (Å²) in [4.78, 5) is 14.8. The van der Waals surface area contributed by atoms with E-state index in [9.17, 15) is 4.79 Å². The molecule has 1 aromatic rings. The van der Waals surface area contributed by atoms with Gasteiger partial charge in [0.05, 0.1) is 0 Å². The Bertz CT molecular complexity index is 313. The molecule has 0 radical (unpaired) electrons. The van der Waals surface area contributed by atoms with Crippen molar-refractivity contribution in [3.8, 4) is 0 Å². The van der Waals surface area contributed by atoms with E-state index >= 15 is 0 Å². The van der Waals surface area contributed by atoms with E-state index in [0.29, 0.717) is 12.3 Å². The Balaban J connectivity index is 2.24. The summed E-state index contributed by atoms with van der Waals surface area (Å²) in [6, 6.07) is 4.28. The van der Waals surface area contributed by atoms with Crippen LogP contribution in [0, 0.1) is 0 Å². The molecule has 1 amide bonds. The van der Waals surface area contributed by atoms with Gasteiger partial charge in [0.2, 0.25) is 5.91 Å². The Morgan fingerprint density at radius 3 is 2.94 bits per heavy atom. The highest BCUT2D eigenvalue weighted by Crippen LogP contribution is 2.12. The van der Waals surface area contributed by atoms with Crippen LogP contribution in [0.3, 0.4) is 0 Å². The molecule has 1 aromatic heterocycles. The second-order valence-corrected chi connectivity index (χ2v) is 5.28. The topological polar surface area (TPSA) is 20.3 Å². The molecule has 0 aliphatic heterocycles. The van der Waals surface area contributed by atoms with E-state index in [0.717, 1.165) is 12.8 Å². The van der Waals surface area contributed by atoms with E-state index < -0.39 is 0 Å². The summed E-state index contributed by atoms with van der Waals surface area (Å²) in [6.07, 6.45) is 2.51. The molecule has 0 aliphatic carbocycles. The van der Waals surface area contributed by atoms with E-state index in [1.807, 2.05) is 20.0 Å². The molecular formula is C12H18ClNOS. The van der Waals surface area contributed by atoms with E-state index in [1.165, 1.54) is 4.88 Å². The maximum absolute atomic E-state index is 11.7. The summed E-state index contributed by atoms with van der Waals surface area (Å²) in [5, 5.41) is 2.07. The number of alkyl halides is 1. The van der Waals surface area contributed by atoms with E-state index in [1.54, 1.807) is 16.2 Å². The molecule has 90 valence electrons. The molecule has 0 aliphatic rings. The molecule has 1 atom stereocenters. The van der Waals surface area contributed by atoms with Gasteiger partial charge in [-0.05, 0) is 31.2 Å². The number of hydrogen-bond donors (Lipinski definition) is 0.